The number of ether oxygens (including phenoxy) is 4. The quantitative estimate of drug-likeness (QED) is 0.0222. The molecule has 0 aliphatic rings. The molecule has 0 spiro atoms. The van der Waals surface area contributed by atoms with Crippen molar-refractivity contribution in [2.45, 2.75) is 331 Å². The standard InChI is InChI=1S/C65H126O17P2/c1-9-57(7)43-35-27-19-13-16-22-31-39-47-64(69)81-60(51-75-62(67)45-37-29-20-14-11-17-25-33-41-55(3)4)53-79-83(71,72)77-49-59(66)50-78-84(73,74)80-54-61(82-65(70)48-40-32-24-23-28-36-44-58(8)10-2)52-76-63(68)46-38-30-21-15-12-18-26-34-42-56(5)6/h55-61,66H,9-54H2,1-8H3,(H,71,72)(H,73,74)/t57?,58?,59?,60-,61-/m1/s1. The van der Waals surface area contributed by atoms with Gasteiger partial charge in [0.15, 0.2) is 12.2 Å². The summed E-state index contributed by atoms with van der Waals surface area (Å²) in [6.45, 7) is 14.0. The lowest BCUT2D eigenvalue weighted by molar-refractivity contribution is -0.161. The van der Waals surface area contributed by atoms with Crippen LogP contribution in [-0.4, -0.2) is 96.7 Å². The van der Waals surface area contributed by atoms with E-state index in [0.717, 1.165) is 114 Å². The van der Waals surface area contributed by atoms with Gasteiger partial charge in [-0.05, 0) is 49.4 Å². The Morgan fingerprint density at radius 2 is 0.571 bits per heavy atom. The predicted molar refractivity (Wildman–Crippen MR) is 335 cm³/mol. The SMILES string of the molecule is CCC(C)CCCCCCCCCCC(=O)O[C@H](COC(=O)CCCCCCCCCCC(C)C)COP(=O)(O)OCC(O)COP(=O)(O)OC[C@@H](COC(=O)CCCCCCCCCCC(C)C)OC(=O)CCCCCCCCC(C)CC. The van der Waals surface area contributed by atoms with Crippen LogP contribution in [0, 0.1) is 23.7 Å². The number of phosphoric ester groups is 2. The summed E-state index contributed by atoms with van der Waals surface area (Å²) in [5.41, 5.74) is 0. The van der Waals surface area contributed by atoms with Crippen molar-refractivity contribution in [2.75, 3.05) is 39.6 Å². The van der Waals surface area contributed by atoms with E-state index < -0.39 is 97.5 Å². The zero-order chi connectivity index (χ0) is 62.5. The van der Waals surface area contributed by atoms with Crippen LogP contribution in [0.4, 0.5) is 0 Å². The highest BCUT2D eigenvalue weighted by molar-refractivity contribution is 7.47. The lowest BCUT2D eigenvalue weighted by atomic mass is 9.99. The van der Waals surface area contributed by atoms with Crippen molar-refractivity contribution in [1.82, 2.24) is 0 Å². The highest BCUT2D eigenvalue weighted by Crippen LogP contribution is 2.45. The average Bonchev–Trinajstić information content (AvgIpc) is 3.49. The van der Waals surface area contributed by atoms with Gasteiger partial charge in [0.2, 0.25) is 0 Å². The van der Waals surface area contributed by atoms with Crippen molar-refractivity contribution in [3.8, 4) is 0 Å². The number of unbranched alkanes of at least 4 members (excludes halogenated alkanes) is 26. The van der Waals surface area contributed by atoms with Gasteiger partial charge in [-0.1, -0.05) is 261 Å². The normalized spacial score (nSPS) is 15.1. The first-order valence-electron chi connectivity index (χ1n) is 33.8. The number of hydrogen-bond donors (Lipinski definition) is 3. The molecule has 5 unspecified atom stereocenters. The largest absolute Gasteiger partial charge is 0.472 e. The summed E-state index contributed by atoms with van der Waals surface area (Å²) in [6, 6.07) is 0. The Kier molecular flexibility index (Phi) is 53.9. The fraction of sp³-hybridized carbons (Fsp3) is 0.938. The van der Waals surface area contributed by atoms with Crippen LogP contribution in [0.2, 0.25) is 0 Å². The van der Waals surface area contributed by atoms with E-state index in [2.05, 4.69) is 55.4 Å². The van der Waals surface area contributed by atoms with Crippen molar-refractivity contribution < 1.29 is 80.2 Å². The molecule has 0 rings (SSSR count). The van der Waals surface area contributed by atoms with E-state index in [1.807, 2.05) is 0 Å². The topological polar surface area (TPSA) is 237 Å². The maximum atomic E-state index is 13.0. The number of aliphatic hydroxyl groups excluding tert-OH is 1. The van der Waals surface area contributed by atoms with E-state index in [-0.39, 0.29) is 25.7 Å². The number of aliphatic hydroxyl groups is 1. The summed E-state index contributed by atoms with van der Waals surface area (Å²) in [6.07, 6.45) is 34.9. The third-order valence-corrected chi connectivity index (χ3v) is 17.4. The molecule has 0 amide bonds. The molecule has 0 aliphatic carbocycles. The van der Waals surface area contributed by atoms with Gasteiger partial charge in [-0.3, -0.25) is 37.3 Å². The molecule has 0 saturated heterocycles. The molecular formula is C65H126O17P2. The molecule has 17 nitrogen and oxygen atoms in total. The van der Waals surface area contributed by atoms with Gasteiger partial charge < -0.3 is 33.8 Å². The smallest absolute Gasteiger partial charge is 0.462 e. The highest BCUT2D eigenvalue weighted by atomic mass is 31.2. The Labute approximate surface area is 511 Å². The summed E-state index contributed by atoms with van der Waals surface area (Å²) in [5, 5.41) is 10.5. The monoisotopic (exact) mass is 1240 g/mol. The zero-order valence-electron chi connectivity index (χ0n) is 54.5. The van der Waals surface area contributed by atoms with Crippen molar-refractivity contribution in [1.29, 1.82) is 0 Å². The molecule has 0 saturated carbocycles. The second kappa shape index (κ2) is 55.2. The number of esters is 4. The lowest BCUT2D eigenvalue weighted by Gasteiger charge is -2.21. The number of phosphoric acid groups is 2. The van der Waals surface area contributed by atoms with Gasteiger partial charge >= 0.3 is 39.5 Å². The van der Waals surface area contributed by atoms with Crippen LogP contribution >= 0.6 is 15.6 Å². The molecule has 0 radical (unpaired) electrons. The van der Waals surface area contributed by atoms with Crippen LogP contribution in [0.5, 0.6) is 0 Å². The Morgan fingerprint density at radius 3 is 0.845 bits per heavy atom. The Morgan fingerprint density at radius 1 is 0.333 bits per heavy atom. The molecule has 498 valence electrons. The number of hydrogen-bond acceptors (Lipinski definition) is 15. The summed E-state index contributed by atoms with van der Waals surface area (Å²) >= 11 is 0. The van der Waals surface area contributed by atoms with E-state index in [4.69, 9.17) is 37.0 Å². The molecule has 84 heavy (non-hydrogen) atoms. The molecule has 0 heterocycles. The van der Waals surface area contributed by atoms with E-state index in [9.17, 15) is 43.2 Å². The summed E-state index contributed by atoms with van der Waals surface area (Å²) < 4.78 is 68.0. The van der Waals surface area contributed by atoms with Gasteiger partial charge in [-0.15, -0.1) is 0 Å². The van der Waals surface area contributed by atoms with Gasteiger partial charge in [0, 0.05) is 25.7 Å². The Bertz CT molecular complexity index is 1680. The molecule has 0 fully saturated rings. The highest BCUT2D eigenvalue weighted by Gasteiger charge is 2.30. The summed E-state index contributed by atoms with van der Waals surface area (Å²) in [7, 11) is -9.89. The van der Waals surface area contributed by atoms with Crippen LogP contribution in [0.15, 0.2) is 0 Å². The summed E-state index contributed by atoms with van der Waals surface area (Å²) in [4.78, 5) is 72.3. The van der Waals surface area contributed by atoms with Crippen molar-refractivity contribution in [3.63, 3.8) is 0 Å². The van der Waals surface area contributed by atoms with E-state index >= 15 is 0 Å². The first-order valence-corrected chi connectivity index (χ1v) is 36.8. The van der Waals surface area contributed by atoms with E-state index in [0.29, 0.717) is 25.7 Å². The number of carbonyl (C=O) groups excluding carboxylic acids is 4. The molecule has 19 heteroatoms. The second-order valence-electron chi connectivity index (χ2n) is 24.9. The zero-order valence-corrected chi connectivity index (χ0v) is 56.3. The third kappa shape index (κ3) is 56.6. The molecule has 3 N–H and O–H groups in total. The number of rotatable bonds is 62. The van der Waals surface area contributed by atoms with Gasteiger partial charge in [-0.25, -0.2) is 9.13 Å². The maximum absolute atomic E-state index is 13.0. The Hall–Kier alpha value is -1.94. The minimum atomic E-state index is -4.95. The molecule has 0 aromatic heterocycles. The fourth-order valence-electron chi connectivity index (χ4n) is 9.54. The van der Waals surface area contributed by atoms with Crippen LogP contribution in [0.3, 0.4) is 0 Å². The van der Waals surface area contributed by atoms with Gasteiger partial charge in [0.1, 0.15) is 19.3 Å². The molecule has 7 atom stereocenters. The van der Waals surface area contributed by atoms with Gasteiger partial charge in [-0.2, -0.15) is 0 Å². The van der Waals surface area contributed by atoms with Crippen molar-refractivity contribution >= 4 is 39.5 Å². The van der Waals surface area contributed by atoms with Crippen LogP contribution in [0.25, 0.3) is 0 Å². The first-order chi connectivity index (χ1) is 40.2. The molecule has 0 aliphatic heterocycles. The predicted octanol–water partition coefficient (Wildman–Crippen LogP) is 17.8. The second-order valence-corrected chi connectivity index (χ2v) is 27.8. The van der Waals surface area contributed by atoms with E-state index in [1.54, 1.807) is 0 Å². The molecule has 0 aromatic carbocycles. The molecule has 0 aromatic rings. The van der Waals surface area contributed by atoms with E-state index in [1.165, 1.54) is 116 Å². The first kappa shape index (κ1) is 82.1. The molecule has 0 bridgehead atoms. The van der Waals surface area contributed by atoms with Gasteiger partial charge in [0.25, 0.3) is 0 Å². The van der Waals surface area contributed by atoms with Gasteiger partial charge in [0.05, 0.1) is 26.4 Å². The third-order valence-electron chi connectivity index (χ3n) is 15.5. The van der Waals surface area contributed by atoms with Crippen molar-refractivity contribution in [2.24, 2.45) is 23.7 Å². The maximum Gasteiger partial charge on any atom is 0.472 e. The number of carbonyl (C=O) groups is 4. The minimum Gasteiger partial charge on any atom is -0.462 e. The van der Waals surface area contributed by atoms with Crippen LogP contribution < -0.4 is 0 Å². The van der Waals surface area contributed by atoms with Crippen LogP contribution in [0.1, 0.15) is 312 Å². The minimum absolute atomic E-state index is 0.102. The average molecular weight is 1240 g/mol. The Balaban J connectivity index is 5.27. The molecular weight excluding hydrogens is 1110 g/mol. The lowest BCUT2D eigenvalue weighted by Crippen LogP contribution is -2.30. The van der Waals surface area contributed by atoms with Crippen molar-refractivity contribution in [3.05, 3.63) is 0 Å². The fourth-order valence-corrected chi connectivity index (χ4v) is 11.1. The van der Waals surface area contributed by atoms with Crippen LogP contribution in [-0.2, 0) is 65.4 Å². The summed E-state index contributed by atoms with van der Waals surface area (Å²) in [5.74, 6) is 0.801.